The van der Waals surface area contributed by atoms with Crippen LogP contribution >= 0.6 is 0 Å². The molecule has 0 bridgehead atoms. The lowest BCUT2D eigenvalue weighted by Crippen LogP contribution is -2.17. The summed E-state index contributed by atoms with van der Waals surface area (Å²) in [6.45, 7) is 2.88. The van der Waals surface area contributed by atoms with Crippen LogP contribution in [0.2, 0.25) is 0 Å². The van der Waals surface area contributed by atoms with Gasteiger partial charge in [-0.1, -0.05) is 0 Å². The van der Waals surface area contributed by atoms with E-state index in [1.807, 2.05) is 6.92 Å². The highest BCUT2D eigenvalue weighted by atomic mass is 16.6. The summed E-state index contributed by atoms with van der Waals surface area (Å²) < 4.78 is 15.5. The lowest BCUT2D eigenvalue weighted by Gasteiger charge is -2.21. The molecule has 0 aliphatic carbocycles. The zero-order valence-corrected chi connectivity index (χ0v) is 8.70. The number of esters is 1. The summed E-state index contributed by atoms with van der Waals surface area (Å²) in [4.78, 5) is 11.4. The van der Waals surface area contributed by atoms with Crippen LogP contribution in [-0.2, 0) is 4.74 Å². The van der Waals surface area contributed by atoms with E-state index in [0.717, 1.165) is 5.56 Å². The highest BCUT2D eigenvalue weighted by Gasteiger charge is 2.19. The molecule has 1 heterocycles. The molecule has 0 amide bonds. The molecule has 0 radical (unpaired) electrons. The molecule has 15 heavy (non-hydrogen) atoms. The van der Waals surface area contributed by atoms with Crippen LogP contribution in [0, 0.1) is 6.92 Å². The van der Waals surface area contributed by atoms with E-state index in [-0.39, 0.29) is 5.97 Å². The van der Waals surface area contributed by atoms with Crippen molar-refractivity contribution in [3.63, 3.8) is 0 Å². The molecule has 1 aromatic carbocycles. The summed E-state index contributed by atoms with van der Waals surface area (Å²) in [5, 5.41) is 0. The molecule has 4 nitrogen and oxygen atoms in total. The van der Waals surface area contributed by atoms with Crippen LogP contribution in [-0.4, -0.2) is 26.3 Å². The second kappa shape index (κ2) is 3.81. The number of ether oxygens (including phenoxy) is 3. The summed E-state index contributed by atoms with van der Waals surface area (Å²) in [7, 11) is 1.36. The van der Waals surface area contributed by atoms with Gasteiger partial charge in [0.05, 0.1) is 12.7 Å². The Kier molecular flexibility index (Phi) is 2.49. The smallest absolute Gasteiger partial charge is 0.338 e. The number of fused-ring (bicyclic) bond motifs is 1. The van der Waals surface area contributed by atoms with Gasteiger partial charge in [0.1, 0.15) is 13.2 Å². The normalized spacial score (nSPS) is 13.5. The van der Waals surface area contributed by atoms with E-state index in [1.54, 1.807) is 12.1 Å². The Bertz CT molecular complexity index is 398. The molecule has 2 rings (SSSR count). The number of benzene rings is 1. The van der Waals surface area contributed by atoms with E-state index in [4.69, 9.17) is 9.47 Å². The van der Waals surface area contributed by atoms with E-state index in [1.165, 1.54) is 7.11 Å². The maximum absolute atomic E-state index is 11.4. The SMILES string of the molecule is COC(=O)c1ccc2c(c1C)OCCO2. The summed E-state index contributed by atoms with van der Waals surface area (Å²) in [5.74, 6) is 0.972. The molecule has 0 spiro atoms. The summed E-state index contributed by atoms with van der Waals surface area (Å²) >= 11 is 0. The maximum atomic E-state index is 11.4. The number of rotatable bonds is 1. The van der Waals surface area contributed by atoms with Gasteiger partial charge in [0.15, 0.2) is 11.5 Å². The van der Waals surface area contributed by atoms with Crippen molar-refractivity contribution in [3.8, 4) is 11.5 Å². The van der Waals surface area contributed by atoms with E-state index < -0.39 is 0 Å². The molecule has 0 saturated carbocycles. The predicted molar refractivity (Wildman–Crippen MR) is 53.5 cm³/mol. The van der Waals surface area contributed by atoms with Gasteiger partial charge in [-0.15, -0.1) is 0 Å². The van der Waals surface area contributed by atoms with Gasteiger partial charge < -0.3 is 14.2 Å². The second-order valence-electron chi connectivity index (χ2n) is 3.25. The third-order valence-electron chi connectivity index (χ3n) is 2.36. The third-order valence-corrected chi connectivity index (χ3v) is 2.36. The number of carbonyl (C=O) groups excluding carboxylic acids is 1. The first-order valence-corrected chi connectivity index (χ1v) is 4.71. The molecule has 0 aromatic heterocycles. The maximum Gasteiger partial charge on any atom is 0.338 e. The highest BCUT2D eigenvalue weighted by molar-refractivity contribution is 5.92. The van der Waals surface area contributed by atoms with Crippen molar-refractivity contribution in [2.24, 2.45) is 0 Å². The van der Waals surface area contributed by atoms with Crippen LogP contribution in [0.25, 0.3) is 0 Å². The Morgan fingerprint density at radius 2 is 2.07 bits per heavy atom. The molecular formula is C11H12O4. The molecular weight excluding hydrogens is 196 g/mol. The van der Waals surface area contributed by atoms with Crippen molar-refractivity contribution in [1.29, 1.82) is 0 Å². The van der Waals surface area contributed by atoms with Gasteiger partial charge in [0.2, 0.25) is 0 Å². The summed E-state index contributed by atoms with van der Waals surface area (Å²) in [5.41, 5.74) is 1.28. The zero-order chi connectivity index (χ0) is 10.8. The molecule has 1 aromatic rings. The van der Waals surface area contributed by atoms with Crippen LogP contribution in [0.5, 0.6) is 11.5 Å². The Labute approximate surface area is 87.8 Å². The van der Waals surface area contributed by atoms with Crippen LogP contribution in [0.3, 0.4) is 0 Å². The molecule has 0 N–H and O–H groups in total. The topological polar surface area (TPSA) is 44.8 Å². The molecule has 0 unspecified atom stereocenters. The minimum Gasteiger partial charge on any atom is -0.486 e. The van der Waals surface area contributed by atoms with Gasteiger partial charge >= 0.3 is 5.97 Å². The van der Waals surface area contributed by atoms with Gasteiger partial charge in [0, 0.05) is 5.56 Å². The number of hydrogen-bond acceptors (Lipinski definition) is 4. The van der Waals surface area contributed by atoms with Crippen molar-refractivity contribution in [2.75, 3.05) is 20.3 Å². The van der Waals surface area contributed by atoms with Crippen molar-refractivity contribution in [3.05, 3.63) is 23.3 Å². The Morgan fingerprint density at radius 1 is 1.33 bits per heavy atom. The van der Waals surface area contributed by atoms with Gasteiger partial charge in [0.25, 0.3) is 0 Å². The molecule has 0 atom stereocenters. The fraction of sp³-hybridized carbons (Fsp3) is 0.364. The average Bonchev–Trinajstić information content (AvgIpc) is 2.29. The van der Waals surface area contributed by atoms with Crippen molar-refractivity contribution in [2.45, 2.75) is 6.92 Å². The van der Waals surface area contributed by atoms with Crippen LogP contribution in [0.15, 0.2) is 12.1 Å². The minimum absolute atomic E-state index is 0.357. The van der Waals surface area contributed by atoms with Crippen molar-refractivity contribution < 1.29 is 19.0 Å². The van der Waals surface area contributed by atoms with E-state index >= 15 is 0 Å². The van der Waals surface area contributed by atoms with Gasteiger partial charge in [-0.2, -0.15) is 0 Å². The Morgan fingerprint density at radius 3 is 2.80 bits per heavy atom. The monoisotopic (exact) mass is 208 g/mol. The Hall–Kier alpha value is -1.71. The van der Waals surface area contributed by atoms with E-state index in [9.17, 15) is 4.79 Å². The number of methoxy groups -OCH3 is 1. The molecule has 4 heteroatoms. The number of carbonyl (C=O) groups is 1. The molecule has 0 fully saturated rings. The van der Waals surface area contributed by atoms with Gasteiger partial charge in [-0.05, 0) is 19.1 Å². The van der Waals surface area contributed by atoms with E-state index in [0.29, 0.717) is 30.3 Å². The first kappa shape index (κ1) is 9.83. The zero-order valence-electron chi connectivity index (χ0n) is 8.70. The lowest BCUT2D eigenvalue weighted by atomic mass is 10.1. The second-order valence-corrected chi connectivity index (χ2v) is 3.25. The van der Waals surface area contributed by atoms with Crippen molar-refractivity contribution in [1.82, 2.24) is 0 Å². The summed E-state index contributed by atoms with van der Waals surface area (Å²) in [6, 6.07) is 3.42. The van der Waals surface area contributed by atoms with Crippen LogP contribution in [0.4, 0.5) is 0 Å². The third kappa shape index (κ3) is 1.63. The average molecular weight is 208 g/mol. The first-order chi connectivity index (χ1) is 7.24. The van der Waals surface area contributed by atoms with E-state index in [2.05, 4.69) is 4.74 Å². The molecule has 80 valence electrons. The lowest BCUT2D eigenvalue weighted by molar-refractivity contribution is 0.0598. The van der Waals surface area contributed by atoms with Crippen molar-refractivity contribution >= 4 is 5.97 Å². The molecule has 1 aliphatic heterocycles. The predicted octanol–water partition coefficient (Wildman–Crippen LogP) is 1.55. The van der Waals surface area contributed by atoms with Gasteiger partial charge in [-0.3, -0.25) is 0 Å². The van der Waals surface area contributed by atoms with Crippen LogP contribution in [0.1, 0.15) is 15.9 Å². The number of hydrogen-bond donors (Lipinski definition) is 0. The Balaban J connectivity index is 2.47. The fourth-order valence-electron chi connectivity index (χ4n) is 1.59. The quantitative estimate of drug-likeness (QED) is 0.657. The molecule has 1 aliphatic rings. The summed E-state index contributed by atoms with van der Waals surface area (Å²) in [6.07, 6.45) is 0. The van der Waals surface area contributed by atoms with Gasteiger partial charge in [-0.25, -0.2) is 4.79 Å². The van der Waals surface area contributed by atoms with Crippen LogP contribution < -0.4 is 9.47 Å². The fourth-order valence-corrected chi connectivity index (χ4v) is 1.59. The standard InChI is InChI=1S/C11H12O4/c1-7-8(11(12)13-2)3-4-9-10(7)15-6-5-14-9/h3-4H,5-6H2,1-2H3. The minimum atomic E-state index is -0.357. The highest BCUT2D eigenvalue weighted by Crippen LogP contribution is 2.35. The first-order valence-electron chi connectivity index (χ1n) is 4.71. The molecule has 0 saturated heterocycles. The largest absolute Gasteiger partial charge is 0.486 e.